The van der Waals surface area contributed by atoms with Gasteiger partial charge in [-0.15, -0.1) is 0 Å². The van der Waals surface area contributed by atoms with E-state index in [-0.39, 0.29) is 0 Å². The van der Waals surface area contributed by atoms with Gasteiger partial charge in [-0.3, -0.25) is 4.98 Å². The Morgan fingerprint density at radius 3 is 2.80 bits per heavy atom. The lowest BCUT2D eigenvalue weighted by Gasteiger charge is -2.09. The van der Waals surface area contributed by atoms with E-state index >= 15 is 0 Å². The van der Waals surface area contributed by atoms with Gasteiger partial charge in [0.15, 0.2) is 0 Å². The normalized spacial score (nSPS) is 10.6. The Morgan fingerprint density at radius 1 is 1.33 bits per heavy atom. The fourth-order valence-corrected chi connectivity index (χ4v) is 1.94. The maximum absolute atomic E-state index is 6.10. The topological polar surface area (TPSA) is 22.1 Å². The smallest absolute Gasteiger partial charge is 0.128 e. The Bertz CT molecular complexity index is 486. The van der Waals surface area contributed by atoms with Crippen molar-refractivity contribution in [3.8, 4) is 5.75 Å². The highest BCUT2D eigenvalue weighted by Gasteiger charge is 2.09. The summed E-state index contributed by atoms with van der Waals surface area (Å²) < 4.78 is 5.33. The SMILES string of the molecule is CCc1ccnc2c(Cl)ccc(OC)c12. The third kappa shape index (κ3) is 1.65. The molecule has 0 fully saturated rings. The Hall–Kier alpha value is -1.28. The van der Waals surface area contributed by atoms with E-state index in [1.54, 1.807) is 13.3 Å². The molecule has 0 aliphatic carbocycles. The summed E-state index contributed by atoms with van der Waals surface area (Å²) in [5, 5.41) is 1.69. The second-order valence-electron chi connectivity index (χ2n) is 3.30. The van der Waals surface area contributed by atoms with E-state index in [0.29, 0.717) is 5.02 Å². The maximum Gasteiger partial charge on any atom is 0.128 e. The van der Waals surface area contributed by atoms with Crippen LogP contribution in [0.1, 0.15) is 12.5 Å². The predicted molar refractivity (Wildman–Crippen MR) is 62.7 cm³/mol. The molecule has 0 radical (unpaired) electrons. The molecule has 0 saturated heterocycles. The minimum Gasteiger partial charge on any atom is -0.496 e. The minimum absolute atomic E-state index is 0.668. The van der Waals surface area contributed by atoms with Crippen LogP contribution in [0.5, 0.6) is 5.75 Å². The Kier molecular flexibility index (Phi) is 2.78. The highest BCUT2D eigenvalue weighted by Crippen LogP contribution is 2.32. The van der Waals surface area contributed by atoms with Gasteiger partial charge in [0, 0.05) is 11.6 Å². The van der Waals surface area contributed by atoms with Crippen LogP contribution < -0.4 is 4.74 Å². The summed E-state index contributed by atoms with van der Waals surface area (Å²) in [6.07, 6.45) is 2.72. The number of hydrogen-bond donors (Lipinski definition) is 0. The molecule has 78 valence electrons. The lowest BCUT2D eigenvalue weighted by atomic mass is 10.1. The first-order valence-electron chi connectivity index (χ1n) is 4.88. The maximum atomic E-state index is 6.10. The van der Waals surface area contributed by atoms with Gasteiger partial charge in [0.25, 0.3) is 0 Å². The van der Waals surface area contributed by atoms with Crippen molar-refractivity contribution in [3.63, 3.8) is 0 Å². The van der Waals surface area contributed by atoms with Crippen LogP contribution in [0.2, 0.25) is 5.02 Å². The van der Waals surface area contributed by atoms with E-state index in [4.69, 9.17) is 16.3 Å². The van der Waals surface area contributed by atoms with Crippen molar-refractivity contribution in [3.05, 3.63) is 35.0 Å². The molecule has 0 atom stereocenters. The molecule has 3 heteroatoms. The number of benzene rings is 1. The quantitative estimate of drug-likeness (QED) is 0.775. The van der Waals surface area contributed by atoms with Gasteiger partial charge in [0.2, 0.25) is 0 Å². The average Bonchev–Trinajstić information content (AvgIpc) is 2.29. The van der Waals surface area contributed by atoms with Crippen LogP contribution in [0, 0.1) is 0 Å². The molecule has 0 amide bonds. The molecule has 2 nitrogen and oxygen atoms in total. The molecule has 1 heterocycles. The molecular weight excluding hydrogens is 210 g/mol. The lowest BCUT2D eigenvalue weighted by molar-refractivity contribution is 0.419. The third-order valence-corrected chi connectivity index (χ3v) is 2.80. The van der Waals surface area contributed by atoms with Crippen molar-refractivity contribution in [2.45, 2.75) is 13.3 Å². The monoisotopic (exact) mass is 221 g/mol. The van der Waals surface area contributed by atoms with Crippen LogP contribution in [-0.4, -0.2) is 12.1 Å². The molecule has 0 bridgehead atoms. The van der Waals surface area contributed by atoms with Crippen molar-refractivity contribution in [1.82, 2.24) is 4.98 Å². The van der Waals surface area contributed by atoms with E-state index in [2.05, 4.69) is 11.9 Å². The Labute approximate surface area is 93.8 Å². The molecule has 1 aromatic heterocycles. The van der Waals surface area contributed by atoms with Gasteiger partial charge in [-0.2, -0.15) is 0 Å². The number of ether oxygens (including phenoxy) is 1. The van der Waals surface area contributed by atoms with Crippen LogP contribution in [0.4, 0.5) is 0 Å². The molecule has 0 N–H and O–H groups in total. The summed E-state index contributed by atoms with van der Waals surface area (Å²) in [7, 11) is 1.66. The van der Waals surface area contributed by atoms with E-state index in [0.717, 1.165) is 23.1 Å². The Morgan fingerprint density at radius 2 is 2.13 bits per heavy atom. The van der Waals surface area contributed by atoms with Gasteiger partial charge in [-0.25, -0.2) is 0 Å². The number of hydrogen-bond acceptors (Lipinski definition) is 2. The van der Waals surface area contributed by atoms with Crippen LogP contribution in [-0.2, 0) is 6.42 Å². The molecule has 0 spiro atoms. The first kappa shape index (κ1) is 10.2. The van der Waals surface area contributed by atoms with Crippen LogP contribution >= 0.6 is 11.6 Å². The zero-order chi connectivity index (χ0) is 10.8. The summed E-state index contributed by atoms with van der Waals surface area (Å²) in [6, 6.07) is 5.70. The molecular formula is C12H12ClNO. The summed E-state index contributed by atoms with van der Waals surface area (Å²) in [5.41, 5.74) is 2.02. The number of halogens is 1. The summed E-state index contributed by atoms with van der Waals surface area (Å²) >= 11 is 6.10. The second kappa shape index (κ2) is 4.07. The van der Waals surface area contributed by atoms with Gasteiger partial charge in [0.1, 0.15) is 5.75 Å². The van der Waals surface area contributed by atoms with Crippen molar-refractivity contribution >= 4 is 22.5 Å². The summed E-state index contributed by atoms with van der Waals surface area (Å²) in [5.74, 6) is 0.833. The van der Waals surface area contributed by atoms with Crippen LogP contribution in [0.3, 0.4) is 0 Å². The Balaban J connectivity index is 2.87. The van der Waals surface area contributed by atoms with Crippen molar-refractivity contribution in [2.75, 3.05) is 7.11 Å². The standard InChI is InChI=1S/C12H12ClNO/c1-3-8-6-7-14-12-9(13)4-5-10(15-2)11(8)12/h4-7H,3H2,1-2H3. The second-order valence-corrected chi connectivity index (χ2v) is 3.70. The third-order valence-electron chi connectivity index (χ3n) is 2.49. The molecule has 0 aliphatic heterocycles. The van der Waals surface area contributed by atoms with Crippen LogP contribution in [0.25, 0.3) is 10.9 Å². The van der Waals surface area contributed by atoms with Gasteiger partial charge in [-0.05, 0) is 30.2 Å². The zero-order valence-electron chi connectivity index (χ0n) is 8.75. The van der Waals surface area contributed by atoms with E-state index in [1.165, 1.54) is 5.56 Å². The van der Waals surface area contributed by atoms with E-state index in [1.807, 2.05) is 18.2 Å². The first-order chi connectivity index (χ1) is 7.27. The number of pyridine rings is 1. The largest absolute Gasteiger partial charge is 0.496 e. The molecule has 2 rings (SSSR count). The van der Waals surface area contributed by atoms with Crippen molar-refractivity contribution in [2.24, 2.45) is 0 Å². The van der Waals surface area contributed by atoms with Crippen molar-refractivity contribution in [1.29, 1.82) is 0 Å². The molecule has 0 unspecified atom stereocenters. The zero-order valence-corrected chi connectivity index (χ0v) is 9.51. The highest BCUT2D eigenvalue weighted by molar-refractivity contribution is 6.35. The average molecular weight is 222 g/mol. The number of aryl methyl sites for hydroxylation is 1. The van der Waals surface area contributed by atoms with Crippen LogP contribution in [0.15, 0.2) is 24.4 Å². The fourth-order valence-electron chi connectivity index (χ4n) is 1.73. The van der Waals surface area contributed by atoms with Gasteiger partial charge < -0.3 is 4.74 Å². The molecule has 2 aromatic rings. The highest BCUT2D eigenvalue weighted by atomic mass is 35.5. The van der Waals surface area contributed by atoms with Crippen molar-refractivity contribution < 1.29 is 4.74 Å². The number of nitrogens with zero attached hydrogens (tertiary/aromatic N) is 1. The van der Waals surface area contributed by atoms with E-state index < -0.39 is 0 Å². The molecule has 0 saturated carbocycles. The summed E-state index contributed by atoms with van der Waals surface area (Å²) in [4.78, 5) is 4.29. The predicted octanol–water partition coefficient (Wildman–Crippen LogP) is 3.46. The number of methoxy groups -OCH3 is 1. The molecule has 1 aromatic carbocycles. The fraction of sp³-hybridized carbons (Fsp3) is 0.250. The van der Waals surface area contributed by atoms with Gasteiger partial charge >= 0.3 is 0 Å². The first-order valence-corrected chi connectivity index (χ1v) is 5.25. The molecule has 15 heavy (non-hydrogen) atoms. The summed E-state index contributed by atoms with van der Waals surface area (Å²) in [6.45, 7) is 2.11. The number of rotatable bonds is 2. The molecule has 0 aliphatic rings. The number of fused-ring (bicyclic) bond motifs is 1. The van der Waals surface area contributed by atoms with E-state index in [9.17, 15) is 0 Å². The van der Waals surface area contributed by atoms with Gasteiger partial charge in [-0.1, -0.05) is 18.5 Å². The lowest BCUT2D eigenvalue weighted by Crippen LogP contribution is -1.92. The number of aromatic nitrogens is 1. The van der Waals surface area contributed by atoms with Gasteiger partial charge in [0.05, 0.1) is 17.6 Å². The minimum atomic E-state index is 0.668.